The second-order valence-corrected chi connectivity index (χ2v) is 3.28. The molecule has 1 aromatic rings. The maximum atomic E-state index is 10.0. The van der Waals surface area contributed by atoms with Crippen LogP contribution in [0.2, 0.25) is 5.02 Å². The fraction of sp³-hybridized carbons (Fsp3) is 0.300. The van der Waals surface area contributed by atoms with E-state index in [-0.39, 0.29) is 5.75 Å². The third-order valence-electron chi connectivity index (χ3n) is 1.33. The zero-order valence-corrected chi connectivity index (χ0v) is 9.67. The van der Waals surface area contributed by atoms with Crippen molar-refractivity contribution in [2.24, 2.45) is 0 Å². The van der Waals surface area contributed by atoms with E-state index in [1.807, 2.05) is 19.4 Å². The Morgan fingerprint density at radius 1 is 1.47 bits per heavy atom. The number of quaternary nitrogens is 1. The van der Waals surface area contributed by atoms with Gasteiger partial charge in [-0.3, -0.25) is 0 Å². The molecule has 15 heavy (non-hydrogen) atoms. The Morgan fingerprint density at radius 2 is 2.00 bits per heavy atom. The number of hydrogen-bond donors (Lipinski definition) is 1. The summed E-state index contributed by atoms with van der Waals surface area (Å²) >= 11 is 5.63. The van der Waals surface area contributed by atoms with Crippen LogP contribution in [0, 0.1) is 6.92 Å². The van der Waals surface area contributed by atoms with Crippen LogP contribution in [-0.4, -0.2) is 20.3 Å². The van der Waals surface area contributed by atoms with E-state index in [1.54, 1.807) is 19.1 Å². The van der Waals surface area contributed by atoms with Crippen LogP contribution in [0.3, 0.4) is 0 Å². The van der Waals surface area contributed by atoms with E-state index in [2.05, 4.69) is 4.74 Å². The number of ether oxygens (including phenoxy) is 1. The van der Waals surface area contributed by atoms with Crippen molar-refractivity contribution in [1.29, 1.82) is 0 Å². The number of hydrogen-bond acceptors (Lipinski definition) is 3. The highest BCUT2D eigenvalue weighted by Crippen LogP contribution is 2.21. The lowest BCUT2D eigenvalue weighted by molar-refractivity contribution is -0.597. The first-order valence-electron chi connectivity index (χ1n) is 4.40. The molecule has 0 saturated carbocycles. The van der Waals surface area contributed by atoms with Crippen LogP contribution >= 0.6 is 11.6 Å². The highest BCUT2D eigenvalue weighted by Gasteiger charge is 1.96. The lowest BCUT2D eigenvalue weighted by atomic mass is 10.2. The molecule has 0 unspecified atom stereocenters. The molecule has 0 aromatic heterocycles. The number of nitrogens with two attached hydrogens (primary N) is 1. The number of benzene rings is 1. The van der Waals surface area contributed by atoms with Gasteiger partial charge in [-0.2, -0.15) is 0 Å². The van der Waals surface area contributed by atoms with E-state index < -0.39 is 6.16 Å². The highest BCUT2D eigenvalue weighted by atomic mass is 35.5. The summed E-state index contributed by atoms with van der Waals surface area (Å²) in [7, 11) is 4.00. The van der Waals surface area contributed by atoms with Crippen LogP contribution in [0.25, 0.3) is 0 Å². The molecule has 0 atom stereocenters. The Kier molecular flexibility index (Phi) is 6.49. The second-order valence-electron chi connectivity index (χ2n) is 2.84. The number of carbonyl (C=O) groups is 1. The molecule has 0 aliphatic heterocycles. The van der Waals surface area contributed by atoms with Crippen molar-refractivity contribution in [3.8, 4) is 5.75 Å². The fourth-order valence-corrected chi connectivity index (χ4v) is 1.04. The molecule has 4 nitrogen and oxygen atoms in total. The van der Waals surface area contributed by atoms with Gasteiger partial charge in [0, 0.05) is 5.02 Å². The average molecular weight is 232 g/mol. The lowest BCUT2D eigenvalue weighted by Crippen LogP contribution is -2.74. The molecule has 0 radical (unpaired) electrons. The van der Waals surface area contributed by atoms with Gasteiger partial charge in [0.05, 0.1) is 19.8 Å². The first-order valence-corrected chi connectivity index (χ1v) is 4.78. The zero-order valence-electron chi connectivity index (χ0n) is 8.91. The van der Waals surface area contributed by atoms with Crippen molar-refractivity contribution in [2.45, 2.75) is 6.92 Å². The third-order valence-corrected chi connectivity index (χ3v) is 1.57. The van der Waals surface area contributed by atoms with Crippen LogP contribution in [0.1, 0.15) is 5.56 Å². The van der Waals surface area contributed by atoms with Crippen LogP contribution in [0.4, 0.5) is 4.79 Å². The average Bonchev–Trinajstić information content (AvgIpc) is 2.11. The summed E-state index contributed by atoms with van der Waals surface area (Å²) in [5.74, 6) is 0.249. The molecule has 84 valence electrons. The van der Waals surface area contributed by atoms with Gasteiger partial charge in [0.1, 0.15) is 0 Å². The number of rotatable bonds is 1. The largest absolute Gasteiger partial charge is 0.514 e. The van der Waals surface area contributed by atoms with Crippen LogP contribution < -0.4 is 15.2 Å². The fourth-order valence-electron chi connectivity index (χ4n) is 0.817. The van der Waals surface area contributed by atoms with Gasteiger partial charge in [-0.25, -0.2) is 0 Å². The van der Waals surface area contributed by atoms with E-state index in [0.717, 1.165) is 0 Å². The third kappa shape index (κ3) is 5.93. The number of carbonyl (C=O) groups excluding carboxylic acids is 1. The van der Waals surface area contributed by atoms with E-state index in [0.29, 0.717) is 10.6 Å². The van der Waals surface area contributed by atoms with Gasteiger partial charge in [0.15, 0.2) is 0 Å². The Labute approximate surface area is 93.8 Å². The number of aryl methyl sites for hydroxylation is 1. The van der Waals surface area contributed by atoms with Crippen molar-refractivity contribution in [2.75, 3.05) is 14.1 Å². The smallest absolute Gasteiger partial charge is 0.257 e. The minimum Gasteiger partial charge on any atom is -0.514 e. The molecule has 0 aliphatic carbocycles. The molecule has 1 aromatic carbocycles. The van der Waals surface area contributed by atoms with Crippen LogP contribution in [0.5, 0.6) is 5.75 Å². The van der Waals surface area contributed by atoms with Gasteiger partial charge in [-0.15, -0.1) is 0 Å². The molecule has 0 amide bonds. The van der Waals surface area contributed by atoms with Gasteiger partial charge >= 0.3 is 0 Å². The molecule has 0 bridgehead atoms. The SMILES string of the molecule is C[NH2+]C.Cc1cc(Cl)ccc1OC(=O)[O-]. The van der Waals surface area contributed by atoms with Gasteiger partial charge in [0.2, 0.25) is 0 Å². The monoisotopic (exact) mass is 231 g/mol. The van der Waals surface area contributed by atoms with E-state index in [1.165, 1.54) is 6.07 Å². The van der Waals surface area contributed by atoms with Gasteiger partial charge in [-0.1, -0.05) is 11.6 Å². The lowest BCUT2D eigenvalue weighted by Gasteiger charge is -2.10. The first kappa shape index (κ1) is 13.7. The van der Waals surface area contributed by atoms with E-state index in [9.17, 15) is 9.90 Å². The van der Waals surface area contributed by atoms with Gasteiger partial charge < -0.3 is 20.0 Å². The predicted octanol–water partition coefficient (Wildman–Crippen LogP) is 0.180. The normalized spacial score (nSPS) is 8.80. The summed E-state index contributed by atoms with van der Waals surface area (Å²) in [6.45, 7) is 1.70. The minimum absolute atomic E-state index is 0.249. The molecular formula is C10H14ClNO3. The van der Waals surface area contributed by atoms with Crippen LogP contribution in [0.15, 0.2) is 18.2 Å². The number of halogens is 1. The molecule has 0 spiro atoms. The van der Waals surface area contributed by atoms with E-state index in [4.69, 9.17) is 11.6 Å². The molecule has 0 saturated heterocycles. The number of carboxylic acid groups (broad SMARTS) is 1. The molecule has 0 fully saturated rings. The Morgan fingerprint density at radius 3 is 2.40 bits per heavy atom. The molecule has 2 N–H and O–H groups in total. The van der Waals surface area contributed by atoms with Crippen LogP contribution in [-0.2, 0) is 0 Å². The van der Waals surface area contributed by atoms with Crippen molar-refractivity contribution >= 4 is 17.8 Å². The van der Waals surface area contributed by atoms with Gasteiger partial charge in [0.25, 0.3) is 6.16 Å². The van der Waals surface area contributed by atoms with Crippen molar-refractivity contribution in [1.82, 2.24) is 0 Å². The topological polar surface area (TPSA) is 66.0 Å². The van der Waals surface area contributed by atoms with E-state index >= 15 is 0 Å². The Hall–Kier alpha value is -1.26. The highest BCUT2D eigenvalue weighted by molar-refractivity contribution is 6.30. The minimum atomic E-state index is -1.57. The molecule has 0 aliphatic rings. The summed E-state index contributed by atoms with van der Waals surface area (Å²) in [5, 5.41) is 12.6. The van der Waals surface area contributed by atoms with Gasteiger partial charge in [-0.05, 0) is 30.7 Å². The van der Waals surface area contributed by atoms with Crippen molar-refractivity contribution in [3.05, 3.63) is 28.8 Å². The van der Waals surface area contributed by atoms with Crippen molar-refractivity contribution < 1.29 is 20.0 Å². The molecule has 1 rings (SSSR count). The summed E-state index contributed by atoms with van der Waals surface area (Å²) in [4.78, 5) is 10.0. The summed E-state index contributed by atoms with van der Waals surface area (Å²) in [6.07, 6.45) is -1.57. The molecule has 5 heteroatoms. The maximum Gasteiger partial charge on any atom is 0.257 e. The standard InChI is InChI=1S/C8H7ClO3.C2H7N/c1-5-4-6(9)2-3-7(5)12-8(10)11;1-3-2/h2-4H,1H3,(H,10,11);3H,1-2H3. The summed E-state index contributed by atoms with van der Waals surface area (Å²) in [5.41, 5.74) is 0.659. The summed E-state index contributed by atoms with van der Waals surface area (Å²) < 4.78 is 4.35. The maximum absolute atomic E-state index is 10.0. The van der Waals surface area contributed by atoms with Crippen molar-refractivity contribution in [3.63, 3.8) is 0 Å². The molecule has 0 heterocycles. The quantitative estimate of drug-likeness (QED) is 0.554. The Balaban J connectivity index is 0.000000583. The predicted molar refractivity (Wildman–Crippen MR) is 56.0 cm³/mol. The summed E-state index contributed by atoms with van der Waals surface area (Å²) in [6, 6.07) is 4.64. The Bertz CT molecular complexity index is 328. The second kappa shape index (κ2) is 7.09. The first-order chi connectivity index (χ1) is 7.01. The zero-order chi connectivity index (χ0) is 11.8. The molecular weight excluding hydrogens is 218 g/mol.